The molecule has 0 atom stereocenters. The van der Waals surface area contributed by atoms with E-state index in [4.69, 9.17) is 18.9 Å². The number of nitrogens with one attached hydrogen (secondary N) is 1. The minimum atomic E-state index is -0.486. The van der Waals surface area contributed by atoms with Gasteiger partial charge in [0.05, 0.1) is 31.4 Å². The average molecular weight is 520 g/mol. The summed E-state index contributed by atoms with van der Waals surface area (Å²) < 4.78 is 22.5. The van der Waals surface area contributed by atoms with E-state index in [0.717, 1.165) is 39.2 Å². The highest BCUT2D eigenvalue weighted by atomic mass is 32.2. The number of pyridine rings is 2. The fraction of sp³-hybridized carbons (Fsp3) is 0.250. The van der Waals surface area contributed by atoms with Gasteiger partial charge in [-0.15, -0.1) is 11.8 Å². The lowest BCUT2D eigenvalue weighted by molar-refractivity contribution is 0.162. The van der Waals surface area contributed by atoms with Crippen LogP contribution in [0, 0.1) is 13.8 Å². The van der Waals surface area contributed by atoms with E-state index in [1.165, 1.54) is 0 Å². The number of fused-ring (bicyclic) bond motifs is 1. The summed E-state index contributed by atoms with van der Waals surface area (Å²) in [5, 5.41) is 4.58. The number of anilines is 1. The number of hydrogen-bond acceptors (Lipinski definition) is 8. The Kier molecular flexibility index (Phi) is 8.68. The quantitative estimate of drug-likeness (QED) is 0.181. The Balaban J connectivity index is 1.38. The van der Waals surface area contributed by atoms with Crippen LogP contribution in [0.25, 0.3) is 10.9 Å². The normalized spacial score (nSPS) is 10.7. The van der Waals surface area contributed by atoms with Crippen LogP contribution in [0.1, 0.15) is 17.5 Å². The minimum Gasteiger partial charge on any atom is -0.493 e. The summed E-state index contributed by atoms with van der Waals surface area (Å²) in [5.74, 6) is 3.31. The molecule has 8 nitrogen and oxygen atoms in total. The van der Waals surface area contributed by atoms with Crippen molar-refractivity contribution < 1.29 is 23.7 Å². The molecule has 0 bridgehead atoms. The number of aromatic nitrogens is 2. The summed E-state index contributed by atoms with van der Waals surface area (Å²) in [4.78, 5) is 21.0. The first-order valence-corrected chi connectivity index (χ1v) is 12.7. The first-order chi connectivity index (χ1) is 18.0. The van der Waals surface area contributed by atoms with Gasteiger partial charge in [-0.1, -0.05) is 6.07 Å². The van der Waals surface area contributed by atoms with Gasteiger partial charge in [0, 0.05) is 35.3 Å². The van der Waals surface area contributed by atoms with Gasteiger partial charge in [-0.25, -0.2) is 9.78 Å². The number of carbonyl (C=O) groups excluding carboxylic acids is 1. The van der Waals surface area contributed by atoms with E-state index in [-0.39, 0.29) is 0 Å². The second kappa shape index (κ2) is 12.3. The second-order valence-corrected chi connectivity index (χ2v) is 9.31. The van der Waals surface area contributed by atoms with E-state index in [1.54, 1.807) is 44.4 Å². The SMILES string of the molecule is COc1cc2nccc(Oc3cc(C)c(NC(=O)OCCCSc4ccccn4)cc3C)c2cc1OC. The third-order valence-corrected chi connectivity index (χ3v) is 6.63. The molecule has 0 aliphatic rings. The number of ether oxygens (including phenoxy) is 4. The highest BCUT2D eigenvalue weighted by Crippen LogP contribution is 2.38. The Bertz CT molecular complexity index is 1380. The van der Waals surface area contributed by atoms with Crippen molar-refractivity contribution in [2.75, 3.05) is 31.9 Å². The summed E-state index contributed by atoms with van der Waals surface area (Å²) >= 11 is 1.63. The largest absolute Gasteiger partial charge is 0.493 e. The van der Waals surface area contributed by atoms with E-state index in [9.17, 15) is 4.79 Å². The summed E-state index contributed by atoms with van der Waals surface area (Å²) in [7, 11) is 3.18. The monoisotopic (exact) mass is 519 g/mol. The predicted octanol–water partition coefficient (Wildman–Crippen LogP) is 6.79. The molecule has 2 aromatic heterocycles. The molecule has 0 saturated heterocycles. The van der Waals surface area contributed by atoms with Crippen molar-refractivity contribution in [3.8, 4) is 23.0 Å². The van der Waals surface area contributed by atoms with E-state index >= 15 is 0 Å². The molecule has 4 rings (SSSR count). The predicted molar refractivity (Wildman–Crippen MR) is 145 cm³/mol. The molecule has 0 saturated carbocycles. The van der Waals surface area contributed by atoms with Crippen molar-refractivity contribution in [2.45, 2.75) is 25.3 Å². The highest BCUT2D eigenvalue weighted by Gasteiger charge is 2.14. The van der Waals surface area contributed by atoms with E-state index < -0.39 is 6.09 Å². The first-order valence-electron chi connectivity index (χ1n) is 11.8. The maximum Gasteiger partial charge on any atom is 0.411 e. The van der Waals surface area contributed by atoms with Crippen molar-refractivity contribution in [1.82, 2.24) is 9.97 Å². The van der Waals surface area contributed by atoms with Crippen LogP contribution in [-0.2, 0) is 4.74 Å². The lowest BCUT2D eigenvalue weighted by atomic mass is 10.1. The van der Waals surface area contributed by atoms with Crippen molar-refractivity contribution in [2.24, 2.45) is 0 Å². The van der Waals surface area contributed by atoms with Crippen molar-refractivity contribution in [1.29, 1.82) is 0 Å². The van der Waals surface area contributed by atoms with Crippen LogP contribution in [0.15, 0.2) is 66.0 Å². The molecule has 0 aliphatic heterocycles. The molecule has 0 unspecified atom stereocenters. The number of amides is 1. The van der Waals surface area contributed by atoms with Gasteiger partial charge in [0.25, 0.3) is 0 Å². The number of methoxy groups -OCH3 is 2. The number of aryl methyl sites for hydroxylation is 2. The molecule has 192 valence electrons. The van der Waals surface area contributed by atoms with Gasteiger partial charge in [0.1, 0.15) is 11.5 Å². The Morgan fingerprint density at radius 2 is 1.70 bits per heavy atom. The highest BCUT2D eigenvalue weighted by molar-refractivity contribution is 7.99. The molecule has 37 heavy (non-hydrogen) atoms. The van der Waals surface area contributed by atoms with E-state index in [1.807, 2.05) is 56.3 Å². The van der Waals surface area contributed by atoms with Gasteiger partial charge in [-0.05, 0) is 67.8 Å². The third kappa shape index (κ3) is 6.62. The van der Waals surface area contributed by atoms with Crippen molar-refractivity contribution in [3.05, 3.63) is 72.1 Å². The van der Waals surface area contributed by atoms with Crippen LogP contribution in [0.5, 0.6) is 23.0 Å². The smallest absolute Gasteiger partial charge is 0.411 e. The zero-order valence-corrected chi connectivity index (χ0v) is 22.1. The maximum atomic E-state index is 12.3. The molecule has 0 fully saturated rings. The summed E-state index contributed by atoms with van der Waals surface area (Å²) in [6, 6.07) is 15.0. The van der Waals surface area contributed by atoms with Crippen molar-refractivity contribution in [3.63, 3.8) is 0 Å². The lowest BCUT2D eigenvalue weighted by Gasteiger charge is -2.16. The molecular weight excluding hydrogens is 490 g/mol. The zero-order valence-electron chi connectivity index (χ0n) is 21.2. The van der Waals surface area contributed by atoms with E-state index in [2.05, 4.69) is 15.3 Å². The molecule has 0 aliphatic carbocycles. The molecular formula is C28H29N3O5S. The number of nitrogens with zero attached hydrogens (tertiary/aromatic N) is 2. The van der Waals surface area contributed by atoms with Gasteiger partial charge in [0.2, 0.25) is 0 Å². The summed E-state index contributed by atoms with van der Waals surface area (Å²) in [6.07, 6.45) is 3.70. The van der Waals surface area contributed by atoms with Crippen LogP contribution < -0.4 is 19.5 Å². The van der Waals surface area contributed by atoms with Crippen LogP contribution >= 0.6 is 11.8 Å². The lowest BCUT2D eigenvalue weighted by Crippen LogP contribution is -2.15. The van der Waals surface area contributed by atoms with Gasteiger partial charge in [0.15, 0.2) is 11.5 Å². The van der Waals surface area contributed by atoms with Gasteiger partial charge in [-0.3, -0.25) is 10.3 Å². The fourth-order valence-electron chi connectivity index (χ4n) is 3.67. The third-order valence-electron chi connectivity index (χ3n) is 5.59. The van der Waals surface area contributed by atoms with Crippen molar-refractivity contribution >= 4 is 34.4 Å². The maximum absolute atomic E-state index is 12.3. The van der Waals surface area contributed by atoms with Crippen LogP contribution in [0.3, 0.4) is 0 Å². The summed E-state index contributed by atoms with van der Waals surface area (Å²) in [5.41, 5.74) is 3.10. The Labute approximate surface area is 220 Å². The van der Waals surface area contributed by atoms with Gasteiger partial charge < -0.3 is 18.9 Å². The Morgan fingerprint density at radius 3 is 2.46 bits per heavy atom. The molecule has 0 radical (unpaired) electrons. The number of hydrogen-bond donors (Lipinski definition) is 1. The molecule has 1 amide bonds. The molecule has 2 heterocycles. The molecule has 4 aromatic rings. The van der Waals surface area contributed by atoms with Crippen LogP contribution in [0.4, 0.5) is 10.5 Å². The standard InChI is InChI=1S/C28H29N3O5S/c1-18-15-24(36-23-9-11-29-22-17-26(34-4)25(33-3)16-20(22)23)19(2)14-21(18)31-28(32)35-12-7-13-37-27-8-5-6-10-30-27/h5-6,8-11,14-17H,7,12-13H2,1-4H3,(H,31,32). The van der Waals surface area contributed by atoms with Crippen LogP contribution in [0.2, 0.25) is 0 Å². The fourth-order valence-corrected chi connectivity index (χ4v) is 4.45. The number of rotatable bonds is 10. The zero-order chi connectivity index (χ0) is 26.2. The van der Waals surface area contributed by atoms with Gasteiger partial charge in [-0.2, -0.15) is 0 Å². The molecule has 0 spiro atoms. The van der Waals surface area contributed by atoms with E-state index in [0.29, 0.717) is 35.3 Å². The molecule has 1 N–H and O–H groups in total. The minimum absolute atomic E-state index is 0.328. The van der Waals surface area contributed by atoms with Crippen LogP contribution in [-0.4, -0.2) is 42.6 Å². The second-order valence-electron chi connectivity index (χ2n) is 8.20. The topological polar surface area (TPSA) is 91.8 Å². The number of thioether (sulfide) groups is 1. The van der Waals surface area contributed by atoms with Gasteiger partial charge >= 0.3 is 6.09 Å². The molecule has 9 heteroatoms. The molecule has 2 aromatic carbocycles. The average Bonchev–Trinajstić information content (AvgIpc) is 2.91. The number of benzene rings is 2. The first kappa shape index (κ1) is 26.1. The Morgan fingerprint density at radius 1 is 0.892 bits per heavy atom. The summed E-state index contributed by atoms with van der Waals surface area (Å²) in [6.45, 7) is 4.16. The number of carbonyl (C=O) groups is 1. The Hall–Kier alpha value is -3.98.